The average Bonchev–Trinajstić information content (AvgIpc) is 1.00. The summed E-state index contributed by atoms with van der Waals surface area (Å²) >= 11 is 0. The van der Waals surface area contributed by atoms with Crippen molar-refractivity contribution in [1.82, 2.24) is 0 Å². The van der Waals surface area contributed by atoms with Crippen molar-refractivity contribution >= 4 is 29.0 Å². The number of rotatable bonds is 0. The Balaban J connectivity index is -0.00000000500. The van der Waals surface area contributed by atoms with Gasteiger partial charge in [-0.3, -0.25) is 0 Å². The topological polar surface area (TPSA) is 17.1 Å². The van der Waals surface area contributed by atoms with Crippen LogP contribution in [0.5, 0.6) is 0 Å². The van der Waals surface area contributed by atoms with Crippen molar-refractivity contribution in [3.63, 3.8) is 0 Å². The van der Waals surface area contributed by atoms with Crippen LogP contribution in [-0.2, 0) is 31.8 Å². The van der Waals surface area contributed by atoms with Crippen molar-refractivity contribution < 1.29 is 31.8 Å². The van der Waals surface area contributed by atoms with Gasteiger partial charge in [-0.15, -0.1) is 0 Å². The Labute approximate surface area is 60.4 Å². The molecule has 0 saturated carbocycles. The summed E-state index contributed by atoms with van der Waals surface area (Å²) in [5.74, 6) is 0. The van der Waals surface area contributed by atoms with Crippen molar-refractivity contribution in [2.24, 2.45) is 0 Å². The molecular formula is H3CdLiOSi. The molecule has 0 aliphatic carbocycles. The van der Waals surface area contributed by atoms with Gasteiger partial charge in [0.25, 0.3) is 0 Å². The van der Waals surface area contributed by atoms with Crippen LogP contribution in [0.25, 0.3) is 0 Å². The first-order valence-corrected chi connectivity index (χ1v) is 0.866. The zero-order valence-corrected chi connectivity index (χ0v) is 7.27. The third kappa shape index (κ3) is 9.64. The Morgan fingerprint density at radius 2 is 1.25 bits per heavy atom. The summed E-state index contributed by atoms with van der Waals surface area (Å²) in [6.45, 7) is 0. The summed E-state index contributed by atoms with van der Waals surface area (Å²) < 4.78 is 8.28. The van der Waals surface area contributed by atoms with E-state index >= 15 is 0 Å². The molecule has 0 atom stereocenters. The zero-order valence-electron chi connectivity index (χ0n) is 1.82. The van der Waals surface area contributed by atoms with Crippen molar-refractivity contribution in [3.05, 3.63) is 0 Å². The van der Waals surface area contributed by atoms with Gasteiger partial charge in [0.1, 0.15) is 0 Å². The van der Waals surface area contributed by atoms with Gasteiger partial charge in [-0.2, -0.15) is 0 Å². The van der Waals surface area contributed by atoms with Crippen LogP contribution in [0.2, 0.25) is 0 Å². The molecule has 0 heterocycles. The molecule has 0 spiro atoms. The molecule has 0 amide bonds. The predicted octanol–water partition coefficient (Wildman–Crippen LogP) is -1.69. The zero-order chi connectivity index (χ0) is 2.00. The van der Waals surface area contributed by atoms with Crippen molar-refractivity contribution in [1.29, 1.82) is 0 Å². The van der Waals surface area contributed by atoms with Crippen molar-refractivity contribution in [2.75, 3.05) is 0 Å². The SMILES string of the molecule is O=[SiH2].[Cd].[LiH]. The molecule has 0 aliphatic rings. The van der Waals surface area contributed by atoms with Gasteiger partial charge in [0.15, 0.2) is 0 Å². The fourth-order valence-corrected chi connectivity index (χ4v) is 0. The molecule has 16 valence electrons. The van der Waals surface area contributed by atoms with E-state index in [-0.39, 0.29) is 46.2 Å². The van der Waals surface area contributed by atoms with Gasteiger partial charge in [-0.05, 0) is 0 Å². The molecule has 0 N–H and O–H groups in total. The summed E-state index contributed by atoms with van der Waals surface area (Å²) in [5, 5.41) is 0. The third-order valence-electron chi connectivity index (χ3n) is 0. The quantitative estimate of drug-likeness (QED) is 0.393. The monoisotopic (exact) mass is 168 g/mol. The van der Waals surface area contributed by atoms with Crippen LogP contribution in [0.4, 0.5) is 0 Å². The summed E-state index contributed by atoms with van der Waals surface area (Å²) in [6, 6.07) is 0. The first-order valence-electron chi connectivity index (χ1n) is 0.289. The fraction of sp³-hybridized carbons (Fsp3) is 0. The van der Waals surface area contributed by atoms with Gasteiger partial charge in [-0.25, -0.2) is 0 Å². The standard InChI is InChI=1S/Cd.Li.H2OSi.H/c;;1-2;/h;;2H2;. The molecule has 0 aliphatic heterocycles. The summed E-state index contributed by atoms with van der Waals surface area (Å²) in [6.07, 6.45) is 0. The molecule has 0 aromatic rings. The second kappa shape index (κ2) is 24.0. The van der Waals surface area contributed by atoms with E-state index in [2.05, 4.69) is 0 Å². The second-order valence-electron chi connectivity index (χ2n) is 0. The molecule has 0 bridgehead atoms. The van der Waals surface area contributed by atoms with Crippen LogP contribution in [0.1, 0.15) is 0 Å². The Bertz CT molecular complexity index is 8.00. The molecular weight excluding hydrogens is 163 g/mol. The molecule has 0 aromatic carbocycles. The summed E-state index contributed by atoms with van der Waals surface area (Å²) in [5.41, 5.74) is 0. The van der Waals surface area contributed by atoms with E-state index in [0.717, 1.165) is 0 Å². The second-order valence-corrected chi connectivity index (χ2v) is 0. The van der Waals surface area contributed by atoms with Gasteiger partial charge in [-0.1, -0.05) is 0 Å². The predicted molar refractivity (Wildman–Crippen MR) is 16.4 cm³/mol. The van der Waals surface area contributed by atoms with E-state index < -0.39 is 0 Å². The molecule has 4 heteroatoms. The summed E-state index contributed by atoms with van der Waals surface area (Å²) in [7, 11) is 0.611. The minimum absolute atomic E-state index is 0. The molecule has 0 rings (SSSR count). The maximum absolute atomic E-state index is 8.28. The van der Waals surface area contributed by atoms with Crippen LogP contribution >= 0.6 is 0 Å². The molecule has 0 radical (unpaired) electrons. The molecule has 0 aromatic heterocycles. The number of hydrogen-bond acceptors (Lipinski definition) is 1. The van der Waals surface area contributed by atoms with Crippen LogP contribution in [0.3, 0.4) is 0 Å². The Hall–Kier alpha value is 1.54. The molecule has 0 unspecified atom stereocenters. The van der Waals surface area contributed by atoms with E-state index in [4.69, 9.17) is 4.46 Å². The Morgan fingerprint density at radius 3 is 1.25 bits per heavy atom. The number of hydrogen-bond donors (Lipinski definition) is 0. The van der Waals surface area contributed by atoms with Gasteiger partial charge in [0.05, 0.1) is 0 Å². The van der Waals surface area contributed by atoms with Crippen LogP contribution in [0.15, 0.2) is 0 Å². The normalized spacial score (nSPS) is 1.00. The molecule has 0 fully saturated rings. The van der Waals surface area contributed by atoms with Gasteiger partial charge in [0, 0.05) is 27.3 Å². The van der Waals surface area contributed by atoms with E-state index in [9.17, 15) is 0 Å². The van der Waals surface area contributed by atoms with E-state index in [1.165, 1.54) is 0 Å². The van der Waals surface area contributed by atoms with E-state index in [1.807, 2.05) is 0 Å². The van der Waals surface area contributed by atoms with Crippen LogP contribution in [0, 0.1) is 0 Å². The maximum atomic E-state index is 8.28. The fourth-order valence-electron chi connectivity index (χ4n) is 0. The van der Waals surface area contributed by atoms with E-state index in [0.29, 0.717) is 10.1 Å². The van der Waals surface area contributed by atoms with Gasteiger partial charge < -0.3 is 4.46 Å². The Morgan fingerprint density at radius 1 is 1.25 bits per heavy atom. The average molecular weight is 166 g/mol. The Kier molecular flexibility index (Phi) is 106. The molecule has 1 nitrogen and oxygen atoms in total. The van der Waals surface area contributed by atoms with Gasteiger partial charge >= 0.3 is 18.9 Å². The molecule has 4 heavy (non-hydrogen) atoms. The van der Waals surface area contributed by atoms with Gasteiger partial charge in [0.2, 0.25) is 10.1 Å². The van der Waals surface area contributed by atoms with Crippen LogP contribution < -0.4 is 0 Å². The van der Waals surface area contributed by atoms with Crippen molar-refractivity contribution in [2.45, 2.75) is 0 Å². The third-order valence-corrected chi connectivity index (χ3v) is 0. The van der Waals surface area contributed by atoms with E-state index in [1.54, 1.807) is 0 Å². The van der Waals surface area contributed by atoms with Crippen molar-refractivity contribution in [3.8, 4) is 0 Å². The first kappa shape index (κ1) is 17.7. The first-order chi connectivity index (χ1) is 1.00. The summed E-state index contributed by atoms with van der Waals surface area (Å²) in [4.78, 5) is 0. The molecule has 0 saturated heterocycles. The van der Waals surface area contributed by atoms with Crippen LogP contribution in [-0.4, -0.2) is 29.0 Å². The minimum atomic E-state index is 0.